The van der Waals surface area contributed by atoms with E-state index in [0.717, 1.165) is 43.5 Å². The molecule has 2 aromatic carbocycles. The number of rotatable bonds is 6. The third kappa shape index (κ3) is 3.97. The lowest BCUT2D eigenvalue weighted by atomic mass is 10.0. The van der Waals surface area contributed by atoms with Crippen LogP contribution in [0.1, 0.15) is 47.7 Å². The number of hydrogen-bond donors (Lipinski definition) is 1. The number of ether oxygens (including phenoxy) is 1. The summed E-state index contributed by atoms with van der Waals surface area (Å²) in [4.78, 5) is 16.0. The summed E-state index contributed by atoms with van der Waals surface area (Å²) < 4.78 is 11.8. The summed E-state index contributed by atoms with van der Waals surface area (Å²) in [6.07, 6.45) is 3.51. The van der Waals surface area contributed by atoms with Crippen LogP contribution in [0.3, 0.4) is 0 Å². The zero-order valence-electron chi connectivity index (χ0n) is 19.6. The average Bonchev–Trinajstić information content (AvgIpc) is 3.29. The van der Waals surface area contributed by atoms with Crippen LogP contribution >= 0.6 is 23.2 Å². The number of H-pyrrole nitrogens is 1. The topological polar surface area (TPSA) is 110 Å². The van der Waals surface area contributed by atoms with E-state index in [0.29, 0.717) is 44.5 Å². The number of tetrazole rings is 1. The van der Waals surface area contributed by atoms with Crippen LogP contribution in [0.4, 0.5) is 5.69 Å². The summed E-state index contributed by atoms with van der Waals surface area (Å²) >= 11 is 12.9. The Morgan fingerprint density at radius 1 is 1.08 bits per heavy atom. The van der Waals surface area contributed by atoms with Crippen LogP contribution in [0.2, 0.25) is 10.0 Å². The molecular weight excluding hydrogens is 515 g/mol. The Morgan fingerprint density at radius 2 is 1.86 bits per heavy atom. The van der Waals surface area contributed by atoms with Crippen molar-refractivity contribution in [2.75, 3.05) is 11.4 Å². The normalized spacial score (nSPS) is 22.5. The van der Waals surface area contributed by atoms with Gasteiger partial charge < -0.3 is 14.2 Å². The molecule has 1 aliphatic heterocycles. The van der Waals surface area contributed by atoms with Crippen LogP contribution in [-0.2, 0) is 4.74 Å². The SMILES string of the molecule is O=C(O[C@@H]1C[C@@H]2C[C@H]1CN2c1ccc(-c2nn[nH]n2)cc1)c1c(-c2c(Cl)cccc2Cl)noc1C1CC1. The van der Waals surface area contributed by atoms with Gasteiger partial charge in [0.25, 0.3) is 0 Å². The summed E-state index contributed by atoms with van der Waals surface area (Å²) in [6, 6.07) is 13.7. The van der Waals surface area contributed by atoms with Crippen LogP contribution in [0.15, 0.2) is 47.0 Å². The van der Waals surface area contributed by atoms with Gasteiger partial charge in [0.05, 0.1) is 10.0 Å². The lowest BCUT2D eigenvalue weighted by molar-refractivity contribution is 0.0191. The lowest BCUT2D eigenvalue weighted by Gasteiger charge is -2.33. The Hall–Kier alpha value is -3.43. The van der Waals surface area contributed by atoms with E-state index in [-0.39, 0.29) is 17.9 Å². The number of halogens is 2. The highest BCUT2D eigenvalue weighted by molar-refractivity contribution is 6.39. The number of fused-ring (bicyclic) bond motifs is 2. The first-order valence-electron chi connectivity index (χ1n) is 12.3. The Balaban J connectivity index is 1.09. The van der Waals surface area contributed by atoms with Crippen molar-refractivity contribution >= 4 is 34.9 Å². The molecule has 188 valence electrons. The third-order valence-corrected chi connectivity index (χ3v) is 8.24. The monoisotopic (exact) mass is 536 g/mol. The Morgan fingerprint density at radius 3 is 2.51 bits per heavy atom. The minimum atomic E-state index is -0.414. The van der Waals surface area contributed by atoms with Gasteiger partial charge in [-0.2, -0.15) is 5.21 Å². The van der Waals surface area contributed by atoms with Gasteiger partial charge in [0.2, 0.25) is 5.82 Å². The molecule has 3 atom stereocenters. The molecule has 0 unspecified atom stereocenters. The Kier molecular flexibility index (Phi) is 5.44. The van der Waals surface area contributed by atoms with Crippen molar-refractivity contribution < 1.29 is 14.1 Å². The van der Waals surface area contributed by atoms with E-state index in [1.54, 1.807) is 18.2 Å². The van der Waals surface area contributed by atoms with Gasteiger partial charge in [-0.3, -0.25) is 0 Å². The molecule has 0 spiro atoms. The fourth-order valence-corrected chi connectivity index (χ4v) is 6.24. The second-order valence-electron chi connectivity index (χ2n) is 9.91. The summed E-state index contributed by atoms with van der Waals surface area (Å²) in [5.74, 6) is 1.15. The van der Waals surface area contributed by atoms with Gasteiger partial charge in [-0.15, -0.1) is 10.2 Å². The molecule has 3 aliphatic rings. The second kappa shape index (κ2) is 8.85. The van der Waals surface area contributed by atoms with Crippen molar-refractivity contribution in [3.05, 3.63) is 63.8 Å². The number of benzene rings is 2. The van der Waals surface area contributed by atoms with Crippen LogP contribution in [0.5, 0.6) is 0 Å². The highest BCUT2D eigenvalue weighted by Gasteiger charge is 2.47. The number of aromatic nitrogens is 5. The standard InChI is InChI=1S/C26H22Cl2N6O3/c27-18-2-1-3-19(28)21(18)23-22(24(37-31-23)13-4-5-13)26(35)36-20-11-17-10-15(20)12-34(17)16-8-6-14(7-9-16)25-29-32-33-30-25/h1-3,6-9,13,15,17,20H,4-5,10-12H2,(H,29,30,32,33)/t15-,17-,20+/m0/s1. The molecular formula is C26H22Cl2N6O3. The molecule has 3 heterocycles. The zero-order valence-corrected chi connectivity index (χ0v) is 21.1. The fourth-order valence-electron chi connectivity index (χ4n) is 5.67. The highest BCUT2D eigenvalue weighted by Crippen LogP contribution is 2.47. The number of carbonyl (C=O) groups is 1. The largest absolute Gasteiger partial charge is 0.458 e. The van der Waals surface area contributed by atoms with Crippen molar-refractivity contribution in [1.29, 1.82) is 0 Å². The van der Waals surface area contributed by atoms with Gasteiger partial charge in [-0.1, -0.05) is 34.4 Å². The van der Waals surface area contributed by atoms with Crippen molar-refractivity contribution in [2.24, 2.45) is 5.92 Å². The first kappa shape index (κ1) is 22.7. The van der Waals surface area contributed by atoms with Gasteiger partial charge in [0.1, 0.15) is 17.4 Å². The average molecular weight is 537 g/mol. The third-order valence-electron chi connectivity index (χ3n) is 7.61. The number of esters is 1. The van der Waals surface area contributed by atoms with E-state index >= 15 is 0 Å². The van der Waals surface area contributed by atoms with Crippen LogP contribution < -0.4 is 4.90 Å². The fraction of sp³-hybridized carbons (Fsp3) is 0.346. The maximum absolute atomic E-state index is 13.6. The van der Waals surface area contributed by atoms with Crippen molar-refractivity contribution in [3.8, 4) is 22.6 Å². The predicted molar refractivity (Wildman–Crippen MR) is 137 cm³/mol. The predicted octanol–water partition coefficient (Wildman–Crippen LogP) is 5.53. The molecule has 2 saturated carbocycles. The number of hydrogen-bond acceptors (Lipinski definition) is 8. The summed E-state index contributed by atoms with van der Waals surface area (Å²) in [7, 11) is 0. The molecule has 2 aliphatic carbocycles. The van der Waals surface area contributed by atoms with Crippen molar-refractivity contribution in [1.82, 2.24) is 25.8 Å². The Bertz CT molecular complexity index is 1450. The molecule has 9 nitrogen and oxygen atoms in total. The van der Waals surface area contributed by atoms with E-state index in [9.17, 15) is 4.79 Å². The number of nitrogens with zero attached hydrogens (tertiary/aromatic N) is 5. The van der Waals surface area contributed by atoms with Crippen LogP contribution in [0, 0.1) is 5.92 Å². The van der Waals surface area contributed by atoms with Crippen molar-refractivity contribution in [2.45, 2.75) is 43.7 Å². The maximum Gasteiger partial charge on any atom is 0.344 e. The quantitative estimate of drug-likeness (QED) is 0.320. The minimum absolute atomic E-state index is 0.163. The smallest absolute Gasteiger partial charge is 0.344 e. The molecule has 2 bridgehead atoms. The molecule has 37 heavy (non-hydrogen) atoms. The second-order valence-corrected chi connectivity index (χ2v) is 10.7. The zero-order chi connectivity index (χ0) is 25.1. The first-order valence-corrected chi connectivity index (χ1v) is 13.1. The first-order chi connectivity index (χ1) is 18.1. The van der Waals surface area contributed by atoms with E-state index in [2.05, 4.69) is 42.8 Å². The van der Waals surface area contributed by atoms with Crippen molar-refractivity contribution in [3.63, 3.8) is 0 Å². The molecule has 0 amide bonds. The highest BCUT2D eigenvalue weighted by atomic mass is 35.5. The number of aromatic amines is 1. The van der Waals surface area contributed by atoms with Gasteiger partial charge in [0, 0.05) is 47.7 Å². The van der Waals surface area contributed by atoms with E-state index in [1.807, 2.05) is 12.1 Å². The maximum atomic E-state index is 13.6. The molecule has 1 saturated heterocycles. The summed E-state index contributed by atoms with van der Waals surface area (Å²) in [6.45, 7) is 0.826. The molecule has 0 radical (unpaired) electrons. The summed E-state index contributed by atoms with van der Waals surface area (Å²) in [5.41, 5.74) is 3.25. The summed E-state index contributed by atoms with van der Waals surface area (Å²) in [5, 5.41) is 19.2. The van der Waals surface area contributed by atoms with Crippen LogP contribution in [0.25, 0.3) is 22.6 Å². The van der Waals surface area contributed by atoms with E-state index in [1.165, 1.54) is 0 Å². The van der Waals surface area contributed by atoms with E-state index in [4.69, 9.17) is 32.5 Å². The lowest BCUT2D eigenvalue weighted by Crippen LogP contribution is -2.39. The number of carbonyl (C=O) groups excluding carboxylic acids is 1. The number of piperidine rings is 1. The van der Waals surface area contributed by atoms with Gasteiger partial charge in [-0.05, 0) is 60.9 Å². The van der Waals surface area contributed by atoms with Gasteiger partial charge in [-0.25, -0.2) is 4.79 Å². The van der Waals surface area contributed by atoms with Crippen LogP contribution in [-0.4, -0.2) is 50.4 Å². The van der Waals surface area contributed by atoms with E-state index < -0.39 is 5.97 Å². The molecule has 2 aromatic heterocycles. The molecule has 7 rings (SSSR count). The number of anilines is 1. The van der Waals surface area contributed by atoms with Gasteiger partial charge >= 0.3 is 5.97 Å². The van der Waals surface area contributed by atoms with Gasteiger partial charge in [0.15, 0.2) is 5.76 Å². The molecule has 1 N–H and O–H groups in total. The molecule has 11 heteroatoms. The Labute approximate surface area is 222 Å². The minimum Gasteiger partial charge on any atom is -0.458 e. The number of nitrogens with one attached hydrogen (secondary N) is 1. The molecule has 4 aromatic rings. The molecule has 3 fully saturated rings.